The molecule has 214 valence electrons. The molecular formula is C46H30. The average Bonchev–Trinajstić information content (AvgIpc) is 3.46. The van der Waals surface area contributed by atoms with Crippen LogP contribution in [-0.4, -0.2) is 0 Å². The first-order chi connectivity index (χ1) is 22.8. The van der Waals surface area contributed by atoms with Crippen molar-refractivity contribution >= 4 is 44.0 Å². The predicted molar refractivity (Wildman–Crippen MR) is 197 cm³/mol. The van der Waals surface area contributed by atoms with Gasteiger partial charge in [-0.3, -0.25) is 0 Å². The second-order valence-corrected chi connectivity index (χ2v) is 12.8. The molecule has 0 spiro atoms. The summed E-state index contributed by atoms with van der Waals surface area (Å²) in [5.74, 6) is 0. The van der Waals surface area contributed by atoms with Crippen LogP contribution < -0.4 is 0 Å². The van der Waals surface area contributed by atoms with Gasteiger partial charge in [-0.05, 0) is 130 Å². The zero-order chi connectivity index (χ0) is 30.2. The fourth-order valence-electron chi connectivity index (χ4n) is 8.12. The van der Waals surface area contributed by atoms with Gasteiger partial charge in [0.2, 0.25) is 0 Å². The van der Waals surface area contributed by atoms with Crippen molar-refractivity contribution in [3.63, 3.8) is 0 Å². The van der Waals surface area contributed by atoms with Crippen LogP contribution >= 0.6 is 0 Å². The highest BCUT2D eigenvalue weighted by molar-refractivity contribution is 6.19. The molecule has 46 heavy (non-hydrogen) atoms. The Hall–Kier alpha value is -5.72. The van der Waals surface area contributed by atoms with Crippen LogP contribution in [0.25, 0.3) is 88.5 Å². The summed E-state index contributed by atoms with van der Waals surface area (Å²) >= 11 is 0. The Morgan fingerprint density at radius 2 is 1.00 bits per heavy atom. The Balaban J connectivity index is 1.07. The molecule has 0 fully saturated rings. The third kappa shape index (κ3) is 3.80. The minimum atomic E-state index is 1.05. The first-order valence-corrected chi connectivity index (χ1v) is 16.3. The molecule has 0 N–H and O–H groups in total. The minimum Gasteiger partial charge on any atom is -0.0616 e. The monoisotopic (exact) mass is 582 g/mol. The fraction of sp³-hybridized carbons (Fsp3) is 0.0435. The number of aryl methyl sites for hydroxylation is 1. The van der Waals surface area contributed by atoms with Crippen LogP contribution in [0, 0.1) is 0 Å². The van der Waals surface area contributed by atoms with E-state index in [4.69, 9.17) is 0 Å². The maximum Gasteiger partial charge on any atom is -0.00201 e. The van der Waals surface area contributed by atoms with Crippen molar-refractivity contribution in [3.05, 3.63) is 168 Å². The normalized spacial score (nSPS) is 13.2. The number of allylic oxidation sites excluding steroid dienone is 1. The predicted octanol–water partition coefficient (Wildman–Crippen LogP) is 12.6. The largest absolute Gasteiger partial charge is 0.0616 e. The Bertz CT molecular complexity index is 2550. The fourth-order valence-corrected chi connectivity index (χ4v) is 8.12. The quantitative estimate of drug-likeness (QED) is 0.182. The molecule has 0 aromatic heterocycles. The molecule has 0 nitrogen and oxygen atoms in total. The molecule has 0 heterocycles. The first-order valence-electron chi connectivity index (χ1n) is 16.3. The summed E-state index contributed by atoms with van der Waals surface area (Å²) in [6.45, 7) is 0. The Kier molecular flexibility index (Phi) is 5.50. The third-order valence-electron chi connectivity index (χ3n) is 10.3. The number of hydrogen-bond acceptors (Lipinski definition) is 0. The van der Waals surface area contributed by atoms with E-state index in [1.54, 1.807) is 0 Å². The molecule has 0 aliphatic heterocycles. The van der Waals surface area contributed by atoms with Gasteiger partial charge in [0, 0.05) is 0 Å². The molecule has 0 amide bonds. The highest BCUT2D eigenvalue weighted by Crippen LogP contribution is 2.49. The highest BCUT2D eigenvalue weighted by Gasteiger charge is 2.22. The van der Waals surface area contributed by atoms with Gasteiger partial charge in [0.1, 0.15) is 0 Å². The number of benzene rings is 8. The van der Waals surface area contributed by atoms with Crippen LogP contribution in [0.4, 0.5) is 0 Å². The molecule has 8 aromatic carbocycles. The topological polar surface area (TPSA) is 0 Å². The summed E-state index contributed by atoms with van der Waals surface area (Å²) in [7, 11) is 0. The number of hydrogen-bond donors (Lipinski definition) is 0. The van der Waals surface area contributed by atoms with Gasteiger partial charge in [-0.2, -0.15) is 0 Å². The Morgan fingerprint density at radius 1 is 0.348 bits per heavy atom. The van der Waals surface area contributed by atoms with E-state index in [0.29, 0.717) is 0 Å². The Labute approximate surface area is 268 Å². The van der Waals surface area contributed by atoms with Gasteiger partial charge in [-0.25, -0.2) is 0 Å². The van der Waals surface area contributed by atoms with E-state index in [1.807, 2.05) is 0 Å². The molecule has 2 aliphatic rings. The van der Waals surface area contributed by atoms with Crippen molar-refractivity contribution in [1.82, 2.24) is 0 Å². The van der Waals surface area contributed by atoms with Crippen molar-refractivity contribution in [2.45, 2.75) is 12.8 Å². The lowest BCUT2D eigenvalue weighted by Gasteiger charge is -2.20. The molecular weight excluding hydrogens is 553 g/mol. The van der Waals surface area contributed by atoms with Gasteiger partial charge in [-0.15, -0.1) is 0 Å². The van der Waals surface area contributed by atoms with Crippen LogP contribution in [-0.2, 0) is 6.42 Å². The van der Waals surface area contributed by atoms with Crippen LogP contribution in [0.1, 0.15) is 23.1 Å². The Morgan fingerprint density at radius 3 is 1.89 bits per heavy atom. The summed E-state index contributed by atoms with van der Waals surface area (Å²) < 4.78 is 0. The summed E-state index contributed by atoms with van der Waals surface area (Å²) in [5.41, 5.74) is 16.0. The van der Waals surface area contributed by atoms with Crippen molar-refractivity contribution in [1.29, 1.82) is 0 Å². The molecule has 2 aliphatic carbocycles. The molecule has 10 rings (SSSR count). The molecule has 0 unspecified atom stereocenters. The highest BCUT2D eigenvalue weighted by atomic mass is 14.3. The van der Waals surface area contributed by atoms with Crippen LogP contribution in [0.2, 0.25) is 0 Å². The number of fused-ring (bicyclic) bond motifs is 7. The van der Waals surface area contributed by atoms with Crippen molar-refractivity contribution < 1.29 is 0 Å². The van der Waals surface area contributed by atoms with Gasteiger partial charge in [-0.1, -0.05) is 140 Å². The SMILES string of the molecule is C1=C(c2cc3ccccc3c3ccccc23)CCc2ccc(-c3cccc(-c4ccc5c6c(cccc46)-c4ccccc4-5)c3)cc21. The molecule has 8 aromatic rings. The van der Waals surface area contributed by atoms with E-state index in [-0.39, 0.29) is 0 Å². The third-order valence-corrected chi connectivity index (χ3v) is 10.3. The van der Waals surface area contributed by atoms with Gasteiger partial charge in [0.05, 0.1) is 0 Å². The summed E-state index contributed by atoms with van der Waals surface area (Å²) in [6.07, 6.45) is 4.56. The van der Waals surface area contributed by atoms with Crippen molar-refractivity contribution in [2.75, 3.05) is 0 Å². The van der Waals surface area contributed by atoms with Gasteiger partial charge in [0.15, 0.2) is 0 Å². The summed E-state index contributed by atoms with van der Waals surface area (Å²) in [6, 6.07) is 56.4. The smallest absolute Gasteiger partial charge is 0.00201 e. The van der Waals surface area contributed by atoms with Gasteiger partial charge >= 0.3 is 0 Å². The maximum atomic E-state index is 2.45. The second-order valence-electron chi connectivity index (χ2n) is 12.8. The standard InChI is InChI=1S/C46H30/c1-2-12-36-33(9-1)28-45(41-16-6-3-13-38(36)41)34-22-20-29-19-21-31(26-35(29)27-34)30-10-7-11-32(25-30)37-23-24-44-40-15-5-4-14-39(40)43-18-8-17-42(37)46(43)44/h1-19,21,23-28H,20,22H2. The van der Waals surface area contributed by atoms with Crippen molar-refractivity contribution in [3.8, 4) is 44.5 Å². The minimum absolute atomic E-state index is 1.05. The van der Waals surface area contributed by atoms with Crippen LogP contribution in [0.3, 0.4) is 0 Å². The first kappa shape index (κ1) is 25.6. The lowest BCUT2D eigenvalue weighted by atomic mass is 9.84. The number of rotatable bonds is 3. The summed E-state index contributed by atoms with van der Waals surface area (Å²) in [4.78, 5) is 0. The zero-order valence-electron chi connectivity index (χ0n) is 25.4. The van der Waals surface area contributed by atoms with Crippen LogP contribution in [0.5, 0.6) is 0 Å². The lowest BCUT2D eigenvalue weighted by molar-refractivity contribution is 1.00. The molecule has 0 radical (unpaired) electrons. The van der Waals surface area contributed by atoms with Crippen LogP contribution in [0.15, 0.2) is 152 Å². The lowest BCUT2D eigenvalue weighted by Crippen LogP contribution is -2.00. The molecule has 0 saturated heterocycles. The van der Waals surface area contributed by atoms with E-state index >= 15 is 0 Å². The van der Waals surface area contributed by atoms with E-state index < -0.39 is 0 Å². The maximum absolute atomic E-state index is 2.45. The average molecular weight is 583 g/mol. The molecule has 0 bridgehead atoms. The van der Waals surface area contributed by atoms with Crippen molar-refractivity contribution in [2.24, 2.45) is 0 Å². The molecule has 0 heteroatoms. The van der Waals surface area contributed by atoms with Gasteiger partial charge < -0.3 is 0 Å². The van der Waals surface area contributed by atoms with E-state index in [0.717, 1.165) is 12.8 Å². The zero-order valence-corrected chi connectivity index (χ0v) is 25.4. The van der Waals surface area contributed by atoms with E-state index in [2.05, 4.69) is 158 Å². The molecule has 0 atom stereocenters. The molecule has 0 saturated carbocycles. The summed E-state index contributed by atoms with van der Waals surface area (Å²) in [5, 5.41) is 8.00. The van der Waals surface area contributed by atoms with E-state index in [9.17, 15) is 0 Å². The second kappa shape index (κ2) is 9.89. The van der Waals surface area contributed by atoms with Gasteiger partial charge in [0.25, 0.3) is 0 Å². The van der Waals surface area contributed by atoms with E-state index in [1.165, 1.54) is 99.1 Å².